The second-order valence-electron chi connectivity index (χ2n) is 6.84. The maximum absolute atomic E-state index is 13.1. The minimum absolute atomic E-state index is 0.162. The molecule has 0 spiro atoms. The molecule has 4 rings (SSSR count). The molecule has 0 saturated heterocycles. The monoisotopic (exact) mass is 442 g/mol. The number of carbonyl (C=O) groups is 1. The fourth-order valence-corrected chi connectivity index (χ4v) is 3.59. The van der Waals surface area contributed by atoms with E-state index in [1.165, 1.54) is 10.8 Å². The zero-order chi connectivity index (χ0) is 21.6. The number of aryl methyl sites for hydroxylation is 2. The average molecular weight is 443 g/mol. The minimum Gasteiger partial charge on any atom is -0.344 e. The van der Waals surface area contributed by atoms with Crippen molar-refractivity contribution in [3.05, 3.63) is 90.7 Å². The Balaban J connectivity index is 1.85. The van der Waals surface area contributed by atoms with Crippen molar-refractivity contribution in [1.29, 1.82) is 0 Å². The van der Waals surface area contributed by atoms with Crippen LogP contribution in [0.15, 0.2) is 58.3 Å². The topological polar surface area (TPSA) is 88.9 Å². The summed E-state index contributed by atoms with van der Waals surface area (Å²) < 4.78 is 2.52. The van der Waals surface area contributed by atoms with Crippen molar-refractivity contribution in [1.82, 2.24) is 14.1 Å². The first-order chi connectivity index (χ1) is 14.3. The van der Waals surface area contributed by atoms with Crippen LogP contribution in [0.2, 0.25) is 10.0 Å². The first-order valence-electron chi connectivity index (χ1n) is 8.94. The number of aromatic amines is 1. The van der Waals surface area contributed by atoms with Gasteiger partial charge in [-0.15, -0.1) is 0 Å². The quantitative estimate of drug-likeness (QED) is 0.504. The number of halogens is 2. The van der Waals surface area contributed by atoms with Gasteiger partial charge in [0.1, 0.15) is 5.52 Å². The number of nitrogens with one attached hydrogen (secondary N) is 2. The Morgan fingerprint density at radius 2 is 1.70 bits per heavy atom. The molecule has 0 aliphatic carbocycles. The minimum atomic E-state index is -0.658. The summed E-state index contributed by atoms with van der Waals surface area (Å²) in [5.74, 6) is -0.467. The molecular formula is C21H16Cl2N4O3. The molecule has 2 aromatic heterocycles. The molecule has 0 aliphatic rings. The van der Waals surface area contributed by atoms with Gasteiger partial charge in [0.05, 0.1) is 16.8 Å². The Morgan fingerprint density at radius 3 is 2.40 bits per heavy atom. The lowest BCUT2D eigenvalue weighted by molar-refractivity contribution is 0.102. The lowest BCUT2D eigenvalue weighted by Gasteiger charge is -2.08. The fraction of sp³-hybridized carbons (Fsp3) is 0.0952. The van der Waals surface area contributed by atoms with Gasteiger partial charge in [-0.05, 0) is 48.9 Å². The summed E-state index contributed by atoms with van der Waals surface area (Å²) in [4.78, 5) is 41.4. The Hall–Kier alpha value is -3.29. The highest BCUT2D eigenvalue weighted by Gasteiger charge is 2.20. The van der Waals surface area contributed by atoms with Crippen LogP contribution in [0.1, 0.15) is 15.9 Å². The fourth-order valence-electron chi connectivity index (χ4n) is 3.29. The van der Waals surface area contributed by atoms with E-state index in [0.717, 1.165) is 10.1 Å². The number of amides is 1. The number of nitrogens with zero attached hydrogens (tertiary/aromatic N) is 2. The van der Waals surface area contributed by atoms with Crippen molar-refractivity contribution < 1.29 is 4.79 Å². The third-order valence-electron chi connectivity index (χ3n) is 4.80. The highest BCUT2D eigenvalue weighted by Crippen LogP contribution is 2.22. The van der Waals surface area contributed by atoms with Crippen molar-refractivity contribution in [2.24, 2.45) is 7.05 Å². The molecule has 1 amide bonds. The molecule has 0 aliphatic heterocycles. The second-order valence-corrected chi connectivity index (χ2v) is 7.71. The first kappa shape index (κ1) is 20.0. The van der Waals surface area contributed by atoms with Crippen LogP contribution in [0.25, 0.3) is 16.7 Å². The predicted molar refractivity (Wildman–Crippen MR) is 118 cm³/mol. The number of fused-ring (bicyclic) bond motifs is 1. The predicted octanol–water partition coefficient (Wildman–Crippen LogP) is 3.89. The molecule has 2 N–H and O–H groups in total. The van der Waals surface area contributed by atoms with Gasteiger partial charge >= 0.3 is 5.69 Å². The molecule has 2 aromatic carbocycles. The molecular weight excluding hydrogens is 427 g/mol. The first-order valence-corrected chi connectivity index (χ1v) is 9.69. The zero-order valence-electron chi connectivity index (χ0n) is 16.0. The summed E-state index contributed by atoms with van der Waals surface area (Å²) in [6.45, 7) is 1.84. The maximum atomic E-state index is 13.1. The lowest BCUT2D eigenvalue weighted by Crippen LogP contribution is -2.34. The molecule has 7 nitrogen and oxygen atoms in total. The highest BCUT2D eigenvalue weighted by atomic mass is 35.5. The Kier molecular flexibility index (Phi) is 5.01. The van der Waals surface area contributed by atoms with E-state index in [1.54, 1.807) is 49.5 Å². The smallest absolute Gasteiger partial charge is 0.333 e. The van der Waals surface area contributed by atoms with Gasteiger partial charge in [-0.2, -0.15) is 0 Å². The largest absolute Gasteiger partial charge is 0.344 e. The maximum Gasteiger partial charge on any atom is 0.333 e. The summed E-state index contributed by atoms with van der Waals surface area (Å²) >= 11 is 11.9. The van der Waals surface area contributed by atoms with E-state index in [4.69, 9.17) is 23.2 Å². The van der Waals surface area contributed by atoms with Gasteiger partial charge in [0.2, 0.25) is 0 Å². The van der Waals surface area contributed by atoms with Crippen LogP contribution in [-0.4, -0.2) is 20.0 Å². The summed E-state index contributed by atoms with van der Waals surface area (Å²) in [5.41, 5.74) is 1.06. The Morgan fingerprint density at radius 1 is 1.03 bits per heavy atom. The van der Waals surface area contributed by atoms with Gasteiger partial charge < -0.3 is 14.9 Å². The number of hydrogen-bond donors (Lipinski definition) is 2. The van der Waals surface area contributed by atoms with E-state index in [1.807, 2.05) is 6.92 Å². The summed E-state index contributed by atoms with van der Waals surface area (Å²) in [7, 11) is 1.63. The van der Waals surface area contributed by atoms with Crippen molar-refractivity contribution >= 4 is 45.8 Å². The van der Waals surface area contributed by atoms with E-state index in [2.05, 4.69) is 10.3 Å². The van der Waals surface area contributed by atoms with E-state index >= 15 is 0 Å². The molecule has 0 bridgehead atoms. The van der Waals surface area contributed by atoms with Gasteiger partial charge in [-0.25, -0.2) is 9.36 Å². The van der Waals surface area contributed by atoms with E-state index in [-0.39, 0.29) is 16.6 Å². The van der Waals surface area contributed by atoms with Crippen molar-refractivity contribution in [3.8, 4) is 5.69 Å². The normalized spacial score (nSPS) is 11.1. The van der Waals surface area contributed by atoms with Crippen LogP contribution in [-0.2, 0) is 7.05 Å². The standard InChI is InChI=1S/C21H16Cl2N4O3/c1-11-3-4-13(23)9-16(11)24-19(28)15-10-26(2)18-17(15)25-21(30)27(20(18)29)14-7-5-12(22)6-8-14/h3-10H,1-2H3,(H,24,28)(H,25,30). The molecule has 152 valence electrons. The number of carbonyl (C=O) groups excluding carboxylic acids is 1. The van der Waals surface area contributed by atoms with Crippen molar-refractivity contribution in [3.63, 3.8) is 0 Å². The average Bonchev–Trinajstić information content (AvgIpc) is 3.02. The molecule has 0 atom stereocenters. The molecule has 0 saturated carbocycles. The molecule has 0 fully saturated rings. The number of anilines is 1. The van der Waals surface area contributed by atoms with E-state index < -0.39 is 17.2 Å². The van der Waals surface area contributed by atoms with Gasteiger partial charge in [0.15, 0.2) is 0 Å². The summed E-state index contributed by atoms with van der Waals surface area (Å²) in [6, 6.07) is 11.5. The number of benzene rings is 2. The Labute approximate surface area is 180 Å². The lowest BCUT2D eigenvalue weighted by atomic mass is 10.2. The third-order valence-corrected chi connectivity index (χ3v) is 5.29. The van der Waals surface area contributed by atoms with Gasteiger partial charge in [-0.3, -0.25) is 9.59 Å². The third kappa shape index (κ3) is 3.42. The van der Waals surface area contributed by atoms with E-state index in [0.29, 0.717) is 21.4 Å². The number of rotatable bonds is 3. The van der Waals surface area contributed by atoms with Crippen LogP contribution in [0, 0.1) is 6.92 Å². The molecule has 4 aromatic rings. The van der Waals surface area contributed by atoms with Crippen molar-refractivity contribution in [2.75, 3.05) is 5.32 Å². The van der Waals surface area contributed by atoms with Crippen LogP contribution in [0.3, 0.4) is 0 Å². The number of aromatic nitrogens is 3. The zero-order valence-corrected chi connectivity index (χ0v) is 17.5. The summed E-state index contributed by atoms with van der Waals surface area (Å²) in [6.07, 6.45) is 1.50. The molecule has 0 unspecified atom stereocenters. The Bertz CT molecular complexity index is 1420. The SMILES string of the molecule is Cc1ccc(Cl)cc1NC(=O)c1cn(C)c2c(=O)n(-c3ccc(Cl)cc3)c(=O)[nH]c12. The highest BCUT2D eigenvalue weighted by molar-refractivity contribution is 6.31. The second kappa shape index (κ2) is 7.51. The van der Waals surface area contributed by atoms with Crippen LogP contribution in [0.4, 0.5) is 5.69 Å². The molecule has 30 heavy (non-hydrogen) atoms. The van der Waals surface area contributed by atoms with Crippen LogP contribution >= 0.6 is 23.2 Å². The molecule has 2 heterocycles. The molecule has 0 radical (unpaired) electrons. The summed E-state index contributed by atoms with van der Waals surface area (Å²) in [5, 5.41) is 3.75. The molecule has 9 heteroatoms. The van der Waals surface area contributed by atoms with Gasteiger partial charge in [0, 0.05) is 29.0 Å². The van der Waals surface area contributed by atoms with Crippen LogP contribution < -0.4 is 16.6 Å². The number of hydrogen-bond acceptors (Lipinski definition) is 3. The van der Waals surface area contributed by atoms with Gasteiger partial charge in [0.25, 0.3) is 11.5 Å². The van der Waals surface area contributed by atoms with Crippen molar-refractivity contribution in [2.45, 2.75) is 6.92 Å². The van der Waals surface area contributed by atoms with Crippen LogP contribution in [0.5, 0.6) is 0 Å². The van der Waals surface area contributed by atoms with Gasteiger partial charge in [-0.1, -0.05) is 29.3 Å². The van der Waals surface area contributed by atoms with E-state index in [9.17, 15) is 14.4 Å². The number of H-pyrrole nitrogens is 1.